The Kier molecular flexibility index (Phi) is 4.17. The van der Waals surface area contributed by atoms with Crippen LogP contribution >= 0.6 is 15.9 Å². The highest BCUT2D eigenvalue weighted by molar-refractivity contribution is 9.10. The summed E-state index contributed by atoms with van der Waals surface area (Å²) in [6.45, 7) is -0.279. The molecule has 2 rings (SSSR count). The van der Waals surface area contributed by atoms with Crippen LogP contribution in [0.1, 0.15) is 5.69 Å². The van der Waals surface area contributed by atoms with E-state index in [1.165, 1.54) is 35.0 Å². The largest absolute Gasteiger partial charge is 0.390 e. The van der Waals surface area contributed by atoms with Crippen molar-refractivity contribution in [1.82, 2.24) is 4.57 Å². The molecule has 5 nitrogen and oxygen atoms in total. The summed E-state index contributed by atoms with van der Waals surface area (Å²) in [5.41, 5.74) is 0.309. The first-order chi connectivity index (χ1) is 9.33. The van der Waals surface area contributed by atoms with Crippen LogP contribution in [0.3, 0.4) is 0 Å². The van der Waals surface area contributed by atoms with Gasteiger partial charge < -0.3 is 9.67 Å². The van der Waals surface area contributed by atoms with Gasteiger partial charge in [-0.25, -0.2) is 12.8 Å². The summed E-state index contributed by atoms with van der Waals surface area (Å²) in [5.74, 6) is -0.679. The first-order valence-electron chi connectivity index (χ1n) is 5.57. The van der Waals surface area contributed by atoms with E-state index in [9.17, 15) is 12.8 Å². The van der Waals surface area contributed by atoms with E-state index < -0.39 is 15.8 Å². The third kappa shape index (κ3) is 3.02. The SMILES string of the molecule is Cn1cc(S(=O)(=O)Nc2ccc(Br)cc2F)cc1CO. The lowest BCUT2D eigenvalue weighted by Crippen LogP contribution is -2.13. The van der Waals surface area contributed by atoms with E-state index in [2.05, 4.69) is 20.7 Å². The monoisotopic (exact) mass is 362 g/mol. The number of halogens is 2. The summed E-state index contributed by atoms with van der Waals surface area (Å²) in [4.78, 5) is -0.0358. The highest BCUT2D eigenvalue weighted by Gasteiger charge is 2.19. The molecule has 20 heavy (non-hydrogen) atoms. The molecule has 0 atom stereocenters. The molecule has 0 saturated heterocycles. The van der Waals surface area contributed by atoms with E-state index in [4.69, 9.17) is 5.11 Å². The summed E-state index contributed by atoms with van der Waals surface area (Å²) in [5, 5.41) is 9.06. The Balaban J connectivity index is 2.35. The predicted molar refractivity (Wildman–Crippen MR) is 76.2 cm³/mol. The maximum Gasteiger partial charge on any atom is 0.263 e. The van der Waals surface area contributed by atoms with Crippen molar-refractivity contribution < 1.29 is 17.9 Å². The number of nitrogens with zero attached hydrogens (tertiary/aromatic N) is 1. The summed E-state index contributed by atoms with van der Waals surface area (Å²) >= 11 is 3.09. The molecule has 0 unspecified atom stereocenters. The second-order valence-electron chi connectivity index (χ2n) is 4.17. The minimum Gasteiger partial charge on any atom is -0.390 e. The van der Waals surface area contributed by atoms with E-state index >= 15 is 0 Å². The number of aryl methyl sites for hydroxylation is 1. The Morgan fingerprint density at radius 1 is 1.40 bits per heavy atom. The van der Waals surface area contributed by atoms with Crippen molar-refractivity contribution in [2.45, 2.75) is 11.5 Å². The molecule has 0 amide bonds. The van der Waals surface area contributed by atoms with Crippen molar-refractivity contribution in [2.24, 2.45) is 7.05 Å². The molecule has 0 fully saturated rings. The smallest absolute Gasteiger partial charge is 0.263 e. The maximum absolute atomic E-state index is 13.6. The molecule has 1 aromatic carbocycles. The van der Waals surface area contributed by atoms with Gasteiger partial charge in [-0.3, -0.25) is 4.72 Å². The predicted octanol–water partition coefficient (Wildman–Crippen LogP) is 2.22. The quantitative estimate of drug-likeness (QED) is 0.875. The number of aliphatic hydroxyl groups is 1. The van der Waals surface area contributed by atoms with Crippen LogP contribution in [-0.2, 0) is 23.7 Å². The average Bonchev–Trinajstić information content (AvgIpc) is 2.75. The van der Waals surface area contributed by atoms with Crippen LogP contribution in [0, 0.1) is 5.82 Å². The Morgan fingerprint density at radius 2 is 2.10 bits per heavy atom. The Morgan fingerprint density at radius 3 is 2.65 bits per heavy atom. The van der Waals surface area contributed by atoms with Crippen LogP contribution in [0.25, 0.3) is 0 Å². The minimum absolute atomic E-state index is 0.0358. The molecule has 0 aliphatic rings. The fourth-order valence-corrected chi connectivity index (χ4v) is 3.15. The number of benzene rings is 1. The van der Waals surface area contributed by atoms with Gasteiger partial charge in [0.1, 0.15) is 10.7 Å². The highest BCUT2D eigenvalue weighted by atomic mass is 79.9. The fraction of sp³-hybridized carbons (Fsp3) is 0.167. The number of nitrogens with one attached hydrogen (secondary N) is 1. The van der Waals surface area contributed by atoms with Crippen LogP contribution in [0.15, 0.2) is 39.8 Å². The number of rotatable bonds is 4. The first kappa shape index (κ1) is 15.0. The first-order valence-corrected chi connectivity index (χ1v) is 7.85. The van der Waals surface area contributed by atoms with Crippen molar-refractivity contribution >= 4 is 31.6 Å². The van der Waals surface area contributed by atoms with E-state index in [1.807, 2.05) is 0 Å². The van der Waals surface area contributed by atoms with E-state index in [1.54, 1.807) is 7.05 Å². The second kappa shape index (κ2) is 5.55. The number of aromatic nitrogens is 1. The van der Waals surface area contributed by atoms with Crippen LogP contribution in [0.4, 0.5) is 10.1 Å². The zero-order valence-corrected chi connectivity index (χ0v) is 12.9. The normalized spacial score (nSPS) is 11.6. The topological polar surface area (TPSA) is 71.3 Å². The van der Waals surface area contributed by atoms with Gasteiger partial charge in [0.2, 0.25) is 0 Å². The zero-order chi connectivity index (χ0) is 14.9. The lowest BCUT2D eigenvalue weighted by Gasteiger charge is -2.07. The fourth-order valence-electron chi connectivity index (χ4n) is 1.66. The van der Waals surface area contributed by atoms with Crippen molar-refractivity contribution in [3.05, 3.63) is 46.4 Å². The van der Waals surface area contributed by atoms with Gasteiger partial charge in [-0.2, -0.15) is 0 Å². The summed E-state index contributed by atoms with van der Waals surface area (Å²) in [7, 11) is -2.28. The number of hydrogen-bond donors (Lipinski definition) is 2. The third-order valence-corrected chi connectivity index (χ3v) is 4.56. The second-order valence-corrected chi connectivity index (χ2v) is 6.76. The minimum atomic E-state index is -3.90. The summed E-state index contributed by atoms with van der Waals surface area (Å²) in [6, 6.07) is 5.36. The van der Waals surface area contributed by atoms with Crippen LogP contribution in [-0.4, -0.2) is 18.1 Å². The molecule has 0 aliphatic heterocycles. The molecule has 1 aromatic heterocycles. The van der Waals surface area contributed by atoms with Crippen molar-refractivity contribution in [3.8, 4) is 0 Å². The highest BCUT2D eigenvalue weighted by Crippen LogP contribution is 2.23. The lowest BCUT2D eigenvalue weighted by molar-refractivity contribution is 0.272. The van der Waals surface area contributed by atoms with Gasteiger partial charge in [-0.1, -0.05) is 15.9 Å². The van der Waals surface area contributed by atoms with Gasteiger partial charge in [-0.15, -0.1) is 0 Å². The van der Waals surface area contributed by atoms with Gasteiger partial charge in [0.05, 0.1) is 12.3 Å². The van der Waals surface area contributed by atoms with Gasteiger partial charge in [0, 0.05) is 23.4 Å². The Labute approximate surface area is 124 Å². The summed E-state index contributed by atoms with van der Waals surface area (Å²) in [6.07, 6.45) is 1.35. The van der Waals surface area contributed by atoms with Crippen molar-refractivity contribution in [1.29, 1.82) is 0 Å². The molecule has 1 heterocycles. The average molecular weight is 363 g/mol. The van der Waals surface area contributed by atoms with Crippen LogP contribution < -0.4 is 4.72 Å². The maximum atomic E-state index is 13.6. The Bertz CT molecular complexity index is 743. The molecule has 0 radical (unpaired) electrons. The van der Waals surface area contributed by atoms with Crippen molar-refractivity contribution in [3.63, 3.8) is 0 Å². The molecule has 0 bridgehead atoms. The van der Waals surface area contributed by atoms with Gasteiger partial charge in [-0.05, 0) is 24.3 Å². The Hall–Kier alpha value is -1.38. The van der Waals surface area contributed by atoms with E-state index in [0.29, 0.717) is 10.2 Å². The van der Waals surface area contributed by atoms with E-state index in [-0.39, 0.29) is 17.2 Å². The van der Waals surface area contributed by atoms with Crippen molar-refractivity contribution in [2.75, 3.05) is 4.72 Å². The molecule has 0 aliphatic carbocycles. The number of aliphatic hydroxyl groups excluding tert-OH is 1. The third-order valence-electron chi connectivity index (χ3n) is 2.73. The van der Waals surface area contributed by atoms with Gasteiger partial charge in [0.25, 0.3) is 10.0 Å². The number of hydrogen-bond acceptors (Lipinski definition) is 3. The van der Waals surface area contributed by atoms with E-state index in [0.717, 1.165) is 0 Å². The standard InChI is InChI=1S/C12H12BrFN2O3S/c1-16-6-10(5-9(16)7-17)20(18,19)15-12-3-2-8(13)4-11(12)14/h2-6,15,17H,7H2,1H3. The molecule has 2 N–H and O–H groups in total. The molecular weight excluding hydrogens is 351 g/mol. The van der Waals surface area contributed by atoms with Crippen LogP contribution in [0.5, 0.6) is 0 Å². The van der Waals surface area contributed by atoms with Gasteiger partial charge >= 0.3 is 0 Å². The van der Waals surface area contributed by atoms with Gasteiger partial charge in [0.15, 0.2) is 0 Å². The molecule has 2 aromatic rings. The summed E-state index contributed by atoms with van der Waals surface area (Å²) < 4.78 is 42.1. The lowest BCUT2D eigenvalue weighted by atomic mass is 10.3. The van der Waals surface area contributed by atoms with Crippen LogP contribution in [0.2, 0.25) is 0 Å². The number of anilines is 1. The molecule has 0 spiro atoms. The molecular formula is C12H12BrFN2O3S. The molecule has 0 saturated carbocycles. The molecule has 108 valence electrons. The molecule has 8 heteroatoms. The number of sulfonamides is 1. The zero-order valence-electron chi connectivity index (χ0n) is 10.5.